The van der Waals surface area contributed by atoms with Crippen LogP contribution < -0.4 is 0 Å². The number of thiazole rings is 1. The van der Waals surface area contributed by atoms with Crippen molar-refractivity contribution in [2.45, 2.75) is 20.3 Å². The third kappa shape index (κ3) is 1.44. The van der Waals surface area contributed by atoms with Crippen molar-refractivity contribution in [2.24, 2.45) is 0 Å². The Balaban J connectivity index is 2.80. The molecular formula is C10H10FNS. The van der Waals surface area contributed by atoms with E-state index in [9.17, 15) is 4.39 Å². The van der Waals surface area contributed by atoms with Gasteiger partial charge < -0.3 is 0 Å². The summed E-state index contributed by atoms with van der Waals surface area (Å²) in [7, 11) is 0. The third-order valence-electron chi connectivity index (χ3n) is 2.03. The second-order valence-corrected chi connectivity index (χ2v) is 4.23. The van der Waals surface area contributed by atoms with Gasteiger partial charge in [0.2, 0.25) is 0 Å². The molecule has 0 aliphatic heterocycles. The van der Waals surface area contributed by atoms with E-state index in [1.165, 1.54) is 0 Å². The number of fused-ring (bicyclic) bond motifs is 1. The molecule has 0 bridgehead atoms. The predicted molar refractivity (Wildman–Crippen MR) is 53.7 cm³/mol. The van der Waals surface area contributed by atoms with Gasteiger partial charge in [0, 0.05) is 0 Å². The van der Waals surface area contributed by atoms with Crippen molar-refractivity contribution in [2.75, 3.05) is 0 Å². The van der Waals surface area contributed by atoms with Crippen LogP contribution in [-0.4, -0.2) is 4.98 Å². The lowest BCUT2D eigenvalue weighted by molar-refractivity contribution is 0.628. The SMILES string of the molecule is CCc1cc(F)cc2sc(C)nc12. The average molecular weight is 195 g/mol. The van der Waals surface area contributed by atoms with E-state index in [1.807, 2.05) is 13.8 Å². The van der Waals surface area contributed by atoms with Gasteiger partial charge in [0.15, 0.2) is 0 Å². The smallest absolute Gasteiger partial charge is 0.125 e. The van der Waals surface area contributed by atoms with E-state index in [1.54, 1.807) is 23.5 Å². The summed E-state index contributed by atoms with van der Waals surface area (Å²) in [4.78, 5) is 4.38. The lowest BCUT2D eigenvalue weighted by atomic mass is 10.1. The number of hydrogen-bond acceptors (Lipinski definition) is 2. The molecule has 0 radical (unpaired) electrons. The van der Waals surface area contributed by atoms with Crippen LogP contribution in [0.3, 0.4) is 0 Å². The molecule has 0 aliphatic rings. The predicted octanol–water partition coefficient (Wildman–Crippen LogP) is 3.31. The van der Waals surface area contributed by atoms with E-state index >= 15 is 0 Å². The molecule has 0 atom stereocenters. The van der Waals surface area contributed by atoms with Crippen LogP contribution in [0.4, 0.5) is 4.39 Å². The molecule has 13 heavy (non-hydrogen) atoms. The van der Waals surface area contributed by atoms with Gasteiger partial charge in [0.05, 0.1) is 15.2 Å². The summed E-state index contributed by atoms with van der Waals surface area (Å²) in [6.45, 7) is 3.96. The molecule has 1 heterocycles. The molecule has 0 saturated carbocycles. The fourth-order valence-corrected chi connectivity index (χ4v) is 2.34. The van der Waals surface area contributed by atoms with Crippen molar-refractivity contribution in [1.82, 2.24) is 4.98 Å². The second-order valence-electron chi connectivity index (χ2n) is 3.00. The van der Waals surface area contributed by atoms with E-state index in [2.05, 4.69) is 4.98 Å². The molecule has 2 rings (SSSR count). The lowest BCUT2D eigenvalue weighted by Gasteiger charge is -1.97. The molecule has 0 amide bonds. The van der Waals surface area contributed by atoms with Gasteiger partial charge in [-0.25, -0.2) is 9.37 Å². The van der Waals surface area contributed by atoms with E-state index < -0.39 is 0 Å². The molecule has 0 fully saturated rings. The maximum absolute atomic E-state index is 13.1. The van der Waals surface area contributed by atoms with Gasteiger partial charge in [-0.05, 0) is 31.0 Å². The molecule has 1 nitrogen and oxygen atoms in total. The van der Waals surface area contributed by atoms with Gasteiger partial charge in [-0.15, -0.1) is 11.3 Å². The number of halogens is 1. The molecule has 3 heteroatoms. The molecule has 1 aromatic heterocycles. The first-order chi connectivity index (χ1) is 6.20. The normalized spacial score (nSPS) is 11.0. The Bertz CT molecular complexity index is 447. The van der Waals surface area contributed by atoms with Gasteiger partial charge in [-0.3, -0.25) is 0 Å². The van der Waals surface area contributed by atoms with Crippen LogP contribution in [0, 0.1) is 12.7 Å². The standard InChI is InChI=1S/C10H10FNS/c1-3-7-4-8(11)5-9-10(7)12-6(2)13-9/h4-5H,3H2,1-2H3. The largest absolute Gasteiger partial charge is 0.241 e. The Morgan fingerprint density at radius 1 is 1.46 bits per heavy atom. The lowest BCUT2D eigenvalue weighted by Crippen LogP contribution is -1.85. The topological polar surface area (TPSA) is 12.9 Å². The van der Waals surface area contributed by atoms with E-state index in [-0.39, 0.29) is 5.82 Å². The van der Waals surface area contributed by atoms with Crippen molar-refractivity contribution in [3.8, 4) is 0 Å². The zero-order valence-corrected chi connectivity index (χ0v) is 8.41. The molecule has 0 spiro atoms. The van der Waals surface area contributed by atoms with Crippen LogP contribution in [0.15, 0.2) is 12.1 Å². The summed E-state index contributed by atoms with van der Waals surface area (Å²) in [6.07, 6.45) is 0.831. The summed E-state index contributed by atoms with van der Waals surface area (Å²) >= 11 is 1.54. The molecule has 0 aliphatic carbocycles. The van der Waals surface area contributed by atoms with Gasteiger partial charge in [0.25, 0.3) is 0 Å². The molecule has 0 N–H and O–H groups in total. The van der Waals surface area contributed by atoms with E-state index in [0.717, 1.165) is 27.2 Å². The highest BCUT2D eigenvalue weighted by atomic mass is 32.1. The minimum atomic E-state index is -0.159. The fraction of sp³-hybridized carbons (Fsp3) is 0.300. The van der Waals surface area contributed by atoms with Crippen LogP contribution in [0.2, 0.25) is 0 Å². The van der Waals surface area contributed by atoms with Crippen LogP contribution in [0.1, 0.15) is 17.5 Å². The van der Waals surface area contributed by atoms with Gasteiger partial charge in [-0.2, -0.15) is 0 Å². The van der Waals surface area contributed by atoms with Crippen molar-refractivity contribution < 1.29 is 4.39 Å². The van der Waals surface area contributed by atoms with Crippen LogP contribution in [-0.2, 0) is 6.42 Å². The number of rotatable bonds is 1. The Morgan fingerprint density at radius 2 is 2.23 bits per heavy atom. The Kier molecular flexibility index (Phi) is 2.04. The number of hydrogen-bond donors (Lipinski definition) is 0. The van der Waals surface area contributed by atoms with Crippen molar-refractivity contribution in [3.63, 3.8) is 0 Å². The Labute approximate surface area is 80.2 Å². The molecule has 1 aromatic carbocycles. The molecule has 0 unspecified atom stereocenters. The first-order valence-corrected chi connectivity index (χ1v) is 5.08. The first kappa shape index (κ1) is 8.63. The average Bonchev–Trinajstić information content (AvgIpc) is 2.43. The second kappa shape index (κ2) is 3.07. The van der Waals surface area contributed by atoms with Gasteiger partial charge in [0.1, 0.15) is 5.82 Å². The highest BCUT2D eigenvalue weighted by Crippen LogP contribution is 2.26. The van der Waals surface area contributed by atoms with E-state index in [4.69, 9.17) is 0 Å². The molecule has 68 valence electrons. The first-order valence-electron chi connectivity index (χ1n) is 4.26. The number of nitrogens with zero attached hydrogens (tertiary/aromatic N) is 1. The van der Waals surface area contributed by atoms with Crippen LogP contribution in [0.5, 0.6) is 0 Å². The minimum Gasteiger partial charge on any atom is -0.241 e. The highest BCUT2D eigenvalue weighted by Gasteiger charge is 2.06. The Morgan fingerprint density at radius 3 is 2.92 bits per heavy atom. The third-order valence-corrected chi connectivity index (χ3v) is 2.94. The summed E-state index contributed by atoms with van der Waals surface area (Å²) in [6, 6.07) is 3.13. The monoisotopic (exact) mass is 195 g/mol. The molecular weight excluding hydrogens is 185 g/mol. The fourth-order valence-electron chi connectivity index (χ4n) is 1.44. The zero-order valence-electron chi connectivity index (χ0n) is 7.60. The summed E-state index contributed by atoms with van der Waals surface area (Å²) in [5.41, 5.74) is 1.96. The maximum Gasteiger partial charge on any atom is 0.125 e. The summed E-state index contributed by atoms with van der Waals surface area (Å²) in [5.74, 6) is -0.159. The minimum absolute atomic E-state index is 0.159. The zero-order chi connectivity index (χ0) is 9.42. The van der Waals surface area contributed by atoms with Crippen molar-refractivity contribution in [1.29, 1.82) is 0 Å². The van der Waals surface area contributed by atoms with Crippen LogP contribution >= 0.6 is 11.3 Å². The van der Waals surface area contributed by atoms with E-state index in [0.29, 0.717) is 0 Å². The molecule has 2 aromatic rings. The molecule has 0 saturated heterocycles. The van der Waals surface area contributed by atoms with Crippen molar-refractivity contribution in [3.05, 3.63) is 28.5 Å². The summed E-state index contributed by atoms with van der Waals surface area (Å²) < 4.78 is 14.0. The van der Waals surface area contributed by atoms with Gasteiger partial charge in [-0.1, -0.05) is 6.92 Å². The van der Waals surface area contributed by atoms with Crippen LogP contribution in [0.25, 0.3) is 10.2 Å². The summed E-state index contributed by atoms with van der Waals surface area (Å²) in [5, 5.41) is 0.996. The number of aromatic nitrogens is 1. The number of aryl methyl sites for hydroxylation is 2. The van der Waals surface area contributed by atoms with Crippen molar-refractivity contribution >= 4 is 21.6 Å². The highest BCUT2D eigenvalue weighted by molar-refractivity contribution is 7.18. The Hall–Kier alpha value is -0.960. The maximum atomic E-state index is 13.1. The number of benzene rings is 1. The van der Waals surface area contributed by atoms with Gasteiger partial charge >= 0.3 is 0 Å². The quantitative estimate of drug-likeness (QED) is 0.680.